The van der Waals surface area contributed by atoms with Crippen molar-refractivity contribution in [2.24, 2.45) is 9.98 Å². The Labute approximate surface area is 169 Å². The smallest absolute Gasteiger partial charge is 0.133 e. The zero-order valence-electron chi connectivity index (χ0n) is 16.1. The molecular weight excluding hydrogens is 360 g/mol. The zero-order valence-corrected chi connectivity index (χ0v) is 16.1. The number of aliphatic imine (C=N–C) groups is 2. The van der Waals surface area contributed by atoms with E-state index < -0.39 is 0 Å². The molecule has 0 fully saturated rings. The lowest BCUT2D eigenvalue weighted by Crippen LogP contribution is -2.19. The molecule has 1 aromatic heterocycles. The molecule has 6 heteroatoms. The van der Waals surface area contributed by atoms with Crippen LogP contribution in [0.15, 0.2) is 70.8 Å². The lowest BCUT2D eigenvalue weighted by molar-refractivity contribution is 0.959. The topological polar surface area (TPSA) is 74.6 Å². The number of benzene rings is 2. The Morgan fingerprint density at radius 3 is 1.86 bits per heavy atom. The Kier molecular flexibility index (Phi) is 4.74. The monoisotopic (exact) mass is 382 g/mol. The molecule has 0 radical (unpaired) electrons. The van der Waals surface area contributed by atoms with Gasteiger partial charge in [0.25, 0.3) is 0 Å². The van der Waals surface area contributed by atoms with Crippen molar-refractivity contribution in [2.75, 3.05) is 26.2 Å². The largest absolute Gasteiger partial charge is 0.368 e. The van der Waals surface area contributed by atoms with Crippen LogP contribution in [0.1, 0.15) is 22.5 Å². The molecule has 2 N–H and O–H groups in total. The van der Waals surface area contributed by atoms with Crippen LogP contribution in [0, 0.1) is 0 Å². The van der Waals surface area contributed by atoms with E-state index in [0.717, 1.165) is 66.1 Å². The van der Waals surface area contributed by atoms with Gasteiger partial charge in [0.15, 0.2) is 0 Å². The first kappa shape index (κ1) is 17.6. The Morgan fingerprint density at radius 1 is 0.690 bits per heavy atom. The maximum atomic E-state index is 4.77. The molecule has 3 aromatic rings. The Balaban J connectivity index is 1.32. The summed E-state index contributed by atoms with van der Waals surface area (Å²) in [5, 5.41) is 6.61. The van der Waals surface area contributed by atoms with Gasteiger partial charge in [-0.15, -0.1) is 0 Å². The third-order valence-corrected chi connectivity index (χ3v) is 5.10. The predicted molar refractivity (Wildman–Crippen MR) is 116 cm³/mol. The second-order valence-electron chi connectivity index (χ2n) is 7.12. The first-order chi connectivity index (χ1) is 14.3. The molecule has 0 saturated carbocycles. The number of rotatable bonds is 5. The predicted octanol–water partition coefficient (Wildman–Crippen LogP) is 2.43. The van der Waals surface area contributed by atoms with Crippen LogP contribution in [0.2, 0.25) is 0 Å². The van der Waals surface area contributed by atoms with Crippen molar-refractivity contribution in [1.29, 1.82) is 0 Å². The molecule has 2 aliphatic heterocycles. The molecule has 0 unspecified atom stereocenters. The molecule has 5 rings (SSSR count). The second kappa shape index (κ2) is 7.83. The molecule has 29 heavy (non-hydrogen) atoms. The van der Waals surface area contributed by atoms with Crippen LogP contribution in [0.25, 0.3) is 11.3 Å². The molecule has 0 spiro atoms. The standard InChI is InChI=1S/C23H22N6/c1-3-18(22-25-11-12-26-22)4-2-16(1)15-21-24-10-9-20(29-21)17-5-7-19(8-6-17)23-27-13-14-28-23/h1-10H,11-15H2,(H,25,26)(H,27,28). The van der Waals surface area contributed by atoms with Gasteiger partial charge in [-0.25, -0.2) is 9.97 Å². The highest BCUT2D eigenvalue weighted by Crippen LogP contribution is 2.19. The molecule has 144 valence electrons. The van der Waals surface area contributed by atoms with E-state index in [1.54, 1.807) is 0 Å². The van der Waals surface area contributed by atoms with E-state index in [-0.39, 0.29) is 0 Å². The van der Waals surface area contributed by atoms with E-state index in [1.165, 1.54) is 5.56 Å². The van der Waals surface area contributed by atoms with Gasteiger partial charge in [0.05, 0.1) is 18.8 Å². The number of amidine groups is 2. The Hall–Kier alpha value is -3.54. The van der Waals surface area contributed by atoms with Crippen LogP contribution in [0.4, 0.5) is 0 Å². The van der Waals surface area contributed by atoms with E-state index in [1.807, 2.05) is 12.3 Å². The van der Waals surface area contributed by atoms with E-state index in [9.17, 15) is 0 Å². The van der Waals surface area contributed by atoms with Gasteiger partial charge < -0.3 is 10.6 Å². The van der Waals surface area contributed by atoms with Crippen molar-refractivity contribution in [3.05, 3.63) is 83.3 Å². The fraction of sp³-hybridized carbons (Fsp3) is 0.217. The zero-order chi connectivity index (χ0) is 19.5. The second-order valence-corrected chi connectivity index (χ2v) is 7.12. The summed E-state index contributed by atoms with van der Waals surface area (Å²) in [6.07, 6.45) is 2.53. The lowest BCUT2D eigenvalue weighted by atomic mass is 10.1. The average Bonchev–Trinajstić information content (AvgIpc) is 3.49. The van der Waals surface area contributed by atoms with Gasteiger partial charge in [0, 0.05) is 42.4 Å². The number of nitrogens with one attached hydrogen (secondary N) is 2. The molecule has 6 nitrogen and oxygen atoms in total. The quantitative estimate of drug-likeness (QED) is 0.711. The van der Waals surface area contributed by atoms with Gasteiger partial charge in [-0.2, -0.15) is 0 Å². The van der Waals surface area contributed by atoms with Crippen LogP contribution >= 0.6 is 0 Å². The maximum absolute atomic E-state index is 4.77. The summed E-state index contributed by atoms with van der Waals surface area (Å²) in [7, 11) is 0. The van der Waals surface area contributed by atoms with Crippen molar-refractivity contribution in [2.45, 2.75) is 6.42 Å². The third kappa shape index (κ3) is 3.87. The highest BCUT2D eigenvalue weighted by Gasteiger charge is 2.10. The summed E-state index contributed by atoms with van der Waals surface area (Å²) in [5.74, 6) is 2.77. The minimum atomic E-state index is 0.701. The summed E-state index contributed by atoms with van der Waals surface area (Å²) in [5.41, 5.74) is 5.44. The summed E-state index contributed by atoms with van der Waals surface area (Å²) in [4.78, 5) is 18.2. The lowest BCUT2D eigenvalue weighted by Gasteiger charge is -2.07. The summed E-state index contributed by atoms with van der Waals surface area (Å²) in [6.45, 7) is 3.53. The number of aromatic nitrogens is 2. The number of hydrogen-bond acceptors (Lipinski definition) is 6. The van der Waals surface area contributed by atoms with E-state index in [0.29, 0.717) is 6.42 Å². The normalized spacial score (nSPS) is 15.4. The fourth-order valence-corrected chi connectivity index (χ4v) is 3.59. The Bertz CT molecular complexity index is 1070. The number of hydrogen-bond donors (Lipinski definition) is 2. The highest BCUT2D eigenvalue weighted by molar-refractivity contribution is 6.00. The molecule has 2 aliphatic rings. The molecule has 0 amide bonds. The van der Waals surface area contributed by atoms with Crippen molar-refractivity contribution < 1.29 is 0 Å². The van der Waals surface area contributed by atoms with Gasteiger partial charge in [-0.1, -0.05) is 48.5 Å². The minimum Gasteiger partial charge on any atom is -0.368 e. The van der Waals surface area contributed by atoms with Crippen LogP contribution in [0.5, 0.6) is 0 Å². The molecule has 2 aromatic carbocycles. The third-order valence-electron chi connectivity index (χ3n) is 5.10. The van der Waals surface area contributed by atoms with Crippen LogP contribution in [-0.2, 0) is 6.42 Å². The first-order valence-corrected chi connectivity index (χ1v) is 9.94. The SMILES string of the molecule is c1cc(-c2ccc(C3=NCCN3)cc2)nc(Cc2ccc(C3=NCCN3)cc2)n1. The average molecular weight is 382 g/mol. The van der Waals surface area contributed by atoms with E-state index >= 15 is 0 Å². The fourth-order valence-electron chi connectivity index (χ4n) is 3.59. The van der Waals surface area contributed by atoms with Crippen LogP contribution in [-0.4, -0.2) is 47.8 Å². The van der Waals surface area contributed by atoms with Crippen molar-refractivity contribution in [3.8, 4) is 11.3 Å². The molecule has 0 aliphatic carbocycles. The van der Waals surface area contributed by atoms with Gasteiger partial charge in [-0.3, -0.25) is 9.98 Å². The van der Waals surface area contributed by atoms with Crippen molar-refractivity contribution >= 4 is 11.7 Å². The number of nitrogens with zero attached hydrogens (tertiary/aromatic N) is 4. The summed E-state index contributed by atoms with van der Waals surface area (Å²) >= 11 is 0. The maximum Gasteiger partial charge on any atom is 0.133 e. The van der Waals surface area contributed by atoms with E-state index in [2.05, 4.69) is 74.1 Å². The molecule has 0 saturated heterocycles. The van der Waals surface area contributed by atoms with Gasteiger partial charge in [0.1, 0.15) is 17.5 Å². The minimum absolute atomic E-state index is 0.701. The van der Waals surface area contributed by atoms with Gasteiger partial charge >= 0.3 is 0 Å². The molecule has 0 bridgehead atoms. The molecule has 0 atom stereocenters. The molecule has 3 heterocycles. The van der Waals surface area contributed by atoms with Crippen LogP contribution < -0.4 is 10.6 Å². The summed E-state index contributed by atoms with van der Waals surface area (Å²) in [6, 6.07) is 18.8. The first-order valence-electron chi connectivity index (χ1n) is 9.94. The van der Waals surface area contributed by atoms with Crippen molar-refractivity contribution in [3.63, 3.8) is 0 Å². The van der Waals surface area contributed by atoms with E-state index in [4.69, 9.17) is 4.98 Å². The van der Waals surface area contributed by atoms with Gasteiger partial charge in [-0.05, 0) is 11.6 Å². The highest BCUT2D eigenvalue weighted by atomic mass is 15.1. The summed E-state index contributed by atoms with van der Waals surface area (Å²) < 4.78 is 0. The Morgan fingerprint density at radius 2 is 1.28 bits per heavy atom. The molecular formula is C23H22N6. The van der Waals surface area contributed by atoms with Gasteiger partial charge in [0.2, 0.25) is 0 Å². The van der Waals surface area contributed by atoms with Crippen LogP contribution in [0.3, 0.4) is 0 Å². The van der Waals surface area contributed by atoms with Crippen molar-refractivity contribution in [1.82, 2.24) is 20.6 Å².